The summed E-state index contributed by atoms with van der Waals surface area (Å²) in [5.41, 5.74) is 0. The van der Waals surface area contributed by atoms with Crippen molar-refractivity contribution in [2.24, 2.45) is 5.92 Å². The van der Waals surface area contributed by atoms with Gasteiger partial charge in [-0.3, -0.25) is 0 Å². The van der Waals surface area contributed by atoms with Gasteiger partial charge in [-0.05, 0) is 38.0 Å². The Morgan fingerprint density at radius 3 is 2.22 bits per heavy atom. The maximum absolute atomic E-state index is 9.82. The zero-order valence-electron chi connectivity index (χ0n) is 15.2. The first kappa shape index (κ1) is 21.9. The summed E-state index contributed by atoms with van der Waals surface area (Å²) in [6, 6.07) is 0. The summed E-state index contributed by atoms with van der Waals surface area (Å²) in [6.45, 7) is 6.45. The first-order valence-electron chi connectivity index (χ1n) is 9.12. The number of rotatable bonds is 13. The Morgan fingerprint density at radius 2 is 1.52 bits per heavy atom. The molecule has 2 nitrogen and oxygen atoms in total. The molecule has 0 amide bonds. The molecule has 0 aromatic rings. The average Bonchev–Trinajstić information content (AvgIpc) is 2.54. The van der Waals surface area contributed by atoms with Gasteiger partial charge in [-0.25, -0.2) is 0 Å². The normalized spacial score (nSPS) is 16.9. The van der Waals surface area contributed by atoms with Crippen molar-refractivity contribution >= 4 is 0 Å². The van der Waals surface area contributed by atoms with Crippen LogP contribution in [0.1, 0.15) is 65.7 Å². The van der Waals surface area contributed by atoms with E-state index in [4.69, 9.17) is 0 Å². The molecule has 0 saturated carbocycles. The maximum Gasteiger partial charge on any atom is 0.0802 e. The summed E-state index contributed by atoms with van der Waals surface area (Å²) in [6.07, 6.45) is 21.9. The third-order valence-electron chi connectivity index (χ3n) is 3.75. The van der Waals surface area contributed by atoms with Crippen LogP contribution in [-0.4, -0.2) is 22.4 Å². The summed E-state index contributed by atoms with van der Waals surface area (Å²) in [5.74, 6) is 0.561. The first-order valence-corrected chi connectivity index (χ1v) is 9.12. The lowest BCUT2D eigenvalue weighted by Gasteiger charge is -2.16. The van der Waals surface area contributed by atoms with Gasteiger partial charge in [0, 0.05) is 0 Å². The van der Waals surface area contributed by atoms with Crippen molar-refractivity contribution < 1.29 is 10.2 Å². The van der Waals surface area contributed by atoms with E-state index in [1.807, 2.05) is 24.3 Å². The molecule has 0 radical (unpaired) electrons. The van der Waals surface area contributed by atoms with Gasteiger partial charge in [-0.15, -0.1) is 0 Å². The van der Waals surface area contributed by atoms with Crippen LogP contribution in [0.25, 0.3) is 0 Å². The zero-order chi connectivity index (χ0) is 17.3. The summed E-state index contributed by atoms with van der Waals surface area (Å²) in [5, 5.41) is 19.6. The second-order valence-electron chi connectivity index (χ2n) is 6.14. The predicted octanol–water partition coefficient (Wildman–Crippen LogP) is 5.34. The van der Waals surface area contributed by atoms with Gasteiger partial charge < -0.3 is 10.2 Å². The molecule has 23 heavy (non-hydrogen) atoms. The minimum absolute atomic E-state index is 0.561. The van der Waals surface area contributed by atoms with Crippen molar-refractivity contribution in [3.63, 3.8) is 0 Å². The minimum atomic E-state index is -0.605. The molecule has 0 spiro atoms. The molecule has 0 aromatic heterocycles. The summed E-state index contributed by atoms with van der Waals surface area (Å²) in [4.78, 5) is 0. The molecule has 2 N–H and O–H groups in total. The summed E-state index contributed by atoms with van der Waals surface area (Å²) >= 11 is 0. The van der Waals surface area contributed by atoms with Gasteiger partial charge >= 0.3 is 0 Å². The maximum atomic E-state index is 9.82. The highest BCUT2D eigenvalue weighted by Gasteiger charge is 2.13. The Bertz CT molecular complexity index is 366. The van der Waals surface area contributed by atoms with E-state index >= 15 is 0 Å². The minimum Gasteiger partial charge on any atom is -0.390 e. The number of hydrogen-bond donors (Lipinski definition) is 2. The Morgan fingerprint density at radius 1 is 0.826 bits per heavy atom. The Kier molecular flexibility index (Phi) is 15.0. The SMILES string of the molecule is CC/C=C\C[C@@H](C)/C=C/C=C\C=C\CC[C@@H](O)[C@@H](O)CCCC. The monoisotopic (exact) mass is 320 g/mol. The number of unbranched alkanes of at least 4 members (excludes halogenated alkanes) is 1. The van der Waals surface area contributed by atoms with Gasteiger partial charge in [0.25, 0.3) is 0 Å². The number of aliphatic hydroxyl groups is 2. The smallest absolute Gasteiger partial charge is 0.0802 e. The molecule has 0 aromatic carbocycles. The fourth-order valence-electron chi connectivity index (χ4n) is 2.18. The quantitative estimate of drug-likeness (QED) is 0.355. The highest BCUT2D eigenvalue weighted by atomic mass is 16.3. The lowest BCUT2D eigenvalue weighted by Crippen LogP contribution is -2.25. The number of hydrogen-bond acceptors (Lipinski definition) is 2. The molecule has 3 atom stereocenters. The largest absolute Gasteiger partial charge is 0.390 e. The van der Waals surface area contributed by atoms with Crippen molar-refractivity contribution in [2.45, 2.75) is 77.9 Å². The van der Waals surface area contributed by atoms with E-state index in [1.54, 1.807) is 0 Å². The average molecular weight is 321 g/mol. The van der Waals surface area contributed by atoms with E-state index in [-0.39, 0.29) is 0 Å². The zero-order valence-corrected chi connectivity index (χ0v) is 15.2. The van der Waals surface area contributed by atoms with Crippen molar-refractivity contribution in [2.75, 3.05) is 0 Å². The second-order valence-corrected chi connectivity index (χ2v) is 6.14. The van der Waals surface area contributed by atoms with Gasteiger partial charge in [0.1, 0.15) is 0 Å². The number of aliphatic hydroxyl groups excluding tert-OH is 2. The molecule has 0 aliphatic rings. The second kappa shape index (κ2) is 15.8. The van der Waals surface area contributed by atoms with Crippen LogP contribution in [0, 0.1) is 5.92 Å². The third-order valence-corrected chi connectivity index (χ3v) is 3.75. The van der Waals surface area contributed by atoms with Crippen molar-refractivity contribution in [1.82, 2.24) is 0 Å². The van der Waals surface area contributed by atoms with E-state index in [0.717, 1.165) is 32.1 Å². The Hall–Kier alpha value is -1.12. The molecule has 132 valence electrons. The molecular weight excluding hydrogens is 284 g/mol. The lowest BCUT2D eigenvalue weighted by molar-refractivity contribution is 0.00938. The van der Waals surface area contributed by atoms with Gasteiger partial charge in [-0.2, -0.15) is 0 Å². The molecule has 0 bridgehead atoms. The van der Waals surface area contributed by atoms with Crippen molar-refractivity contribution in [1.29, 1.82) is 0 Å². The van der Waals surface area contributed by atoms with Crippen LogP contribution in [0.4, 0.5) is 0 Å². The van der Waals surface area contributed by atoms with Gasteiger partial charge in [0.2, 0.25) is 0 Å². The van der Waals surface area contributed by atoms with Crippen LogP contribution in [0.15, 0.2) is 48.6 Å². The molecule has 0 unspecified atom stereocenters. The topological polar surface area (TPSA) is 40.5 Å². The molecule has 0 saturated heterocycles. The van der Waals surface area contributed by atoms with Crippen LogP contribution in [-0.2, 0) is 0 Å². The van der Waals surface area contributed by atoms with E-state index < -0.39 is 12.2 Å². The van der Waals surface area contributed by atoms with Gasteiger partial charge in [0.05, 0.1) is 12.2 Å². The highest BCUT2D eigenvalue weighted by molar-refractivity contribution is 5.12. The van der Waals surface area contributed by atoms with Crippen LogP contribution >= 0.6 is 0 Å². The van der Waals surface area contributed by atoms with E-state index in [2.05, 4.69) is 45.1 Å². The van der Waals surface area contributed by atoms with Gasteiger partial charge in [-0.1, -0.05) is 82.2 Å². The lowest BCUT2D eigenvalue weighted by atomic mass is 10.0. The van der Waals surface area contributed by atoms with Crippen LogP contribution in [0.2, 0.25) is 0 Å². The molecule has 0 rings (SSSR count). The molecule has 0 aliphatic heterocycles. The fraction of sp³-hybridized carbons (Fsp3) is 0.619. The van der Waals surface area contributed by atoms with Crippen molar-refractivity contribution in [3.8, 4) is 0 Å². The molecule has 0 heterocycles. The van der Waals surface area contributed by atoms with E-state index in [1.165, 1.54) is 0 Å². The van der Waals surface area contributed by atoms with Gasteiger partial charge in [0.15, 0.2) is 0 Å². The van der Waals surface area contributed by atoms with E-state index in [0.29, 0.717) is 18.8 Å². The molecule has 0 aliphatic carbocycles. The van der Waals surface area contributed by atoms with E-state index in [9.17, 15) is 10.2 Å². The third kappa shape index (κ3) is 14.2. The fourth-order valence-corrected chi connectivity index (χ4v) is 2.18. The van der Waals surface area contributed by atoms with Crippen LogP contribution in [0.5, 0.6) is 0 Å². The Balaban J connectivity index is 3.82. The van der Waals surface area contributed by atoms with Crippen LogP contribution < -0.4 is 0 Å². The first-order chi connectivity index (χ1) is 11.1. The van der Waals surface area contributed by atoms with Crippen LogP contribution in [0.3, 0.4) is 0 Å². The predicted molar refractivity (Wildman–Crippen MR) is 101 cm³/mol. The summed E-state index contributed by atoms with van der Waals surface area (Å²) < 4.78 is 0. The summed E-state index contributed by atoms with van der Waals surface area (Å²) in [7, 11) is 0. The Labute approximate surface area is 143 Å². The standard InChI is InChI=1S/C21H36O2/c1-4-6-12-15-19(3)16-13-10-8-9-11-14-18-21(23)20(22)17-7-5-2/h6,8-13,16,19-23H,4-5,7,14-15,17-18H2,1-3H3/b10-8-,11-9+,12-6-,16-13+/t19-,20+,21-/m1/s1. The number of allylic oxidation sites excluding steroid dienone is 8. The molecule has 2 heteroatoms. The molecule has 0 fully saturated rings. The molecular formula is C21H36O2. The highest BCUT2D eigenvalue weighted by Crippen LogP contribution is 2.10. The van der Waals surface area contributed by atoms with Crippen molar-refractivity contribution in [3.05, 3.63) is 48.6 Å².